The third kappa shape index (κ3) is 5.22. The fourth-order valence-corrected chi connectivity index (χ4v) is 0.198. The Morgan fingerprint density at radius 2 is 2.33 bits per heavy atom. The van der Waals surface area contributed by atoms with Crippen molar-refractivity contribution in [3.8, 4) is 0 Å². The molecule has 0 bridgehead atoms. The zero-order valence-electron chi connectivity index (χ0n) is 4.69. The average Bonchev–Trinajstić information content (AvgIpc) is 1.89. The number of carbonyl (C=O) groups excluding carboxylic acids is 1. The van der Waals surface area contributed by atoms with E-state index in [4.69, 9.17) is 10.2 Å². The van der Waals surface area contributed by atoms with Gasteiger partial charge >= 0.3 is 6.47 Å². The Balaban J connectivity index is 2.96. The van der Waals surface area contributed by atoms with Crippen LogP contribution in [-0.4, -0.2) is 36.0 Å². The zero-order valence-corrected chi connectivity index (χ0v) is 4.69. The molecule has 0 aromatic rings. The van der Waals surface area contributed by atoms with E-state index < -0.39 is 12.7 Å². The number of hydrogen-bond acceptors (Lipinski definition) is 5. The lowest BCUT2D eigenvalue weighted by atomic mass is 10.4. The number of aliphatic hydroxyl groups is 2. The standard InChI is InChI=1S/C4H8O5/c5-1-4(7)2-8-9-3-6/h3-5,7H,1-2H2. The largest absolute Gasteiger partial charge is 0.394 e. The van der Waals surface area contributed by atoms with E-state index in [-0.39, 0.29) is 13.1 Å². The minimum absolute atomic E-state index is 0.0874. The second kappa shape index (κ2) is 5.49. The van der Waals surface area contributed by atoms with Crippen LogP contribution in [0.25, 0.3) is 0 Å². The maximum Gasteiger partial charge on any atom is 0.330 e. The van der Waals surface area contributed by atoms with E-state index in [1.807, 2.05) is 0 Å². The van der Waals surface area contributed by atoms with E-state index in [0.717, 1.165) is 0 Å². The molecule has 0 fully saturated rings. The molecule has 0 rings (SSSR count). The Bertz CT molecular complexity index is 73.4. The first-order chi connectivity index (χ1) is 4.31. The number of aliphatic hydroxyl groups excluding tert-OH is 2. The number of carbonyl (C=O) groups is 1. The van der Waals surface area contributed by atoms with Gasteiger partial charge in [0.2, 0.25) is 0 Å². The van der Waals surface area contributed by atoms with Gasteiger partial charge in [-0.3, -0.25) is 4.79 Å². The monoisotopic (exact) mass is 136 g/mol. The predicted molar refractivity (Wildman–Crippen MR) is 26.2 cm³/mol. The normalized spacial score (nSPS) is 12.7. The molecular formula is C4H8O5. The summed E-state index contributed by atoms with van der Waals surface area (Å²) in [4.78, 5) is 17.2. The van der Waals surface area contributed by atoms with Gasteiger partial charge < -0.3 is 15.1 Å². The van der Waals surface area contributed by atoms with Gasteiger partial charge in [0.1, 0.15) is 12.7 Å². The summed E-state index contributed by atoms with van der Waals surface area (Å²) in [6.45, 7) is -0.540. The topological polar surface area (TPSA) is 76.0 Å². The molecule has 0 amide bonds. The Kier molecular flexibility index (Phi) is 5.09. The van der Waals surface area contributed by atoms with Gasteiger partial charge in [-0.2, -0.15) is 4.89 Å². The quantitative estimate of drug-likeness (QED) is 0.207. The fraction of sp³-hybridized carbons (Fsp3) is 0.750. The molecular weight excluding hydrogens is 128 g/mol. The van der Waals surface area contributed by atoms with Gasteiger partial charge in [0, 0.05) is 0 Å². The molecule has 0 aliphatic rings. The van der Waals surface area contributed by atoms with Crippen molar-refractivity contribution in [2.45, 2.75) is 6.10 Å². The van der Waals surface area contributed by atoms with E-state index in [0.29, 0.717) is 0 Å². The molecule has 0 aliphatic heterocycles. The highest BCUT2D eigenvalue weighted by atomic mass is 17.2. The summed E-state index contributed by atoms with van der Waals surface area (Å²) in [7, 11) is 0. The van der Waals surface area contributed by atoms with Crippen molar-refractivity contribution in [1.82, 2.24) is 0 Å². The first-order valence-electron chi connectivity index (χ1n) is 2.32. The molecule has 5 heteroatoms. The summed E-state index contributed by atoms with van der Waals surface area (Å²) in [6, 6.07) is 0. The van der Waals surface area contributed by atoms with Crippen LogP contribution >= 0.6 is 0 Å². The van der Waals surface area contributed by atoms with E-state index in [1.165, 1.54) is 0 Å². The summed E-state index contributed by atoms with van der Waals surface area (Å²) in [5.74, 6) is 0. The zero-order chi connectivity index (χ0) is 7.11. The van der Waals surface area contributed by atoms with Crippen molar-refractivity contribution in [3.05, 3.63) is 0 Å². The van der Waals surface area contributed by atoms with Crippen LogP contribution in [0, 0.1) is 0 Å². The van der Waals surface area contributed by atoms with Crippen LogP contribution in [0.2, 0.25) is 0 Å². The summed E-state index contributed by atoms with van der Waals surface area (Å²) in [6.07, 6.45) is -0.995. The van der Waals surface area contributed by atoms with Crippen molar-refractivity contribution < 1.29 is 24.8 Å². The molecule has 9 heavy (non-hydrogen) atoms. The van der Waals surface area contributed by atoms with Crippen LogP contribution in [0.15, 0.2) is 0 Å². The molecule has 0 aromatic heterocycles. The van der Waals surface area contributed by atoms with Gasteiger partial charge in [0.05, 0.1) is 6.61 Å². The molecule has 1 atom stereocenters. The number of hydrogen-bond donors (Lipinski definition) is 2. The molecule has 0 spiro atoms. The Morgan fingerprint density at radius 3 is 2.78 bits per heavy atom. The summed E-state index contributed by atoms with van der Waals surface area (Å²) in [5, 5.41) is 16.7. The fourth-order valence-electron chi connectivity index (χ4n) is 0.198. The molecule has 0 radical (unpaired) electrons. The second-order valence-corrected chi connectivity index (χ2v) is 1.31. The molecule has 0 saturated carbocycles. The second-order valence-electron chi connectivity index (χ2n) is 1.31. The van der Waals surface area contributed by atoms with E-state index in [2.05, 4.69) is 9.78 Å². The maximum atomic E-state index is 9.38. The first-order valence-corrected chi connectivity index (χ1v) is 2.32. The Labute approximate surface area is 51.7 Å². The average molecular weight is 136 g/mol. The van der Waals surface area contributed by atoms with E-state index in [1.54, 1.807) is 0 Å². The first kappa shape index (κ1) is 8.35. The summed E-state index contributed by atoms with van der Waals surface area (Å²) < 4.78 is 0. The van der Waals surface area contributed by atoms with Gasteiger partial charge in [-0.05, 0) is 0 Å². The molecule has 54 valence electrons. The van der Waals surface area contributed by atoms with E-state index in [9.17, 15) is 4.79 Å². The van der Waals surface area contributed by atoms with Gasteiger partial charge in [-0.25, -0.2) is 0 Å². The minimum Gasteiger partial charge on any atom is -0.394 e. The molecule has 0 saturated heterocycles. The van der Waals surface area contributed by atoms with Gasteiger partial charge in [-0.1, -0.05) is 0 Å². The Hall–Kier alpha value is -0.650. The predicted octanol–water partition coefficient (Wildman–Crippen LogP) is -1.56. The smallest absolute Gasteiger partial charge is 0.330 e. The lowest BCUT2D eigenvalue weighted by Crippen LogP contribution is -2.19. The van der Waals surface area contributed by atoms with Gasteiger partial charge in [0.25, 0.3) is 0 Å². The SMILES string of the molecule is O=COOCC(O)CO. The third-order valence-electron chi connectivity index (χ3n) is 0.579. The maximum absolute atomic E-state index is 9.38. The molecule has 1 unspecified atom stereocenters. The molecule has 0 aliphatic carbocycles. The third-order valence-corrected chi connectivity index (χ3v) is 0.579. The van der Waals surface area contributed by atoms with Crippen molar-refractivity contribution >= 4 is 6.47 Å². The van der Waals surface area contributed by atoms with Crippen LogP contribution in [0.3, 0.4) is 0 Å². The van der Waals surface area contributed by atoms with Crippen molar-refractivity contribution in [2.75, 3.05) is 13.2 Å². The number of rotatable bonds is 5. The highest BCUT2D eigenvalue weighted by molar-refractivity contribution is 5.35. The van der Waals surface area contributed by atoms with E-state index >= 15 is 0 Å². The minimum atomic E-state index is -0.995. The van der Waals surface area contributed by atoms with Gasteiger partial charge in [-0.15, -0.1) is 0 Å². The molecule has 5 nitrogen and oxygen atoms in total. The van der Waals surface area contributed by atoms with Crippen molar-refractivity contribution in [1.29, 1.82) is 0 Å². The van der Waals surface area contributed by atoms with Gasteiger partial charge in [0.15, 0.2) is 0 Å². The Morgan fingerprint density at radius 1 is 1.67 bits per heavy atom. The lowest BCUT2D eigenvalue weighted by molar-refractivity contribution is -0.270. The van der Waals surface area contributed by atoms with Crippen LogP contribution < -0.4 is 0 Å². The lowest BCUT2D eigenvalue weighted by Gasteiger charge is -2.02. The summed E-state index contributed by atoms with van der Waals surface area (Å²) in [5.41, 5.74) is 0. The highest BCUT2D eigenvalue weighted by Crippen LogP contribution is 1.81. The molecule has 0 aromatic carbocycles. The van der Waals surface area contributed by atoms with Crippen LogP contribution in [0.5, 0.6) is 0 Å². The summed E-state index contributed by atoms with van der Waals surface area (Å²) >= 11 is 0. The molecule has 2 N–H and O–H groups in total. The van der Waals surface area contributed by atoms with Crippen LogP contribution in [0.1, 0.15) is 0 Å². The van der Waals surface area contributed by atoms with Crippen molar-refractivity contribution in [3.63, 3.8) is 0 Å². The van der Waals surface area contributed by atoms with Crippen LogP contribution in [0.4, 0.5) is 0 Å². The van der Waals surface area contributed by atoms with Crippen LogP contribution in [-0.2, 0) is 14.6 Å². The molecule has 0 heterocycles. The highest BCUT2D eigenvalue weighted by Gasteiger charge is 2.00. The van der Waals surface area contributed by atoms with Crippen molar-refractivity contribution in [2.24, 2.45) is 0 Å².